The second-order valence-electron chi connectivity index (χ2n) is 7.29. The Morgan fingerprint density at radius 3 is 2.53 bits per heavy atom. The molecule has 0 aliphatic carbocycles. The fraction of sp³-hybridized carbons (Fsp3) is 0.0833. The van der Waals surface area contributed by atoms with Gasteiger partial charge in [-0.05, 0) is 42.5 Å². The minimum absolute atomic E-state index is 0.234. The van der Waals surface area contributed by atoms with Crippen LogP contribution in [0.15, 0.2) is 72.4 Å². The quantitative estimate of drug-likeness (QED) is 0.299. The van der Waals surface area contributed by atoms with Gasteiger partial charge in [-0.1, -0.05) is 25.1 Å². The molecular weight excluding hydrogens is 448 g/mol. The van der Waals surface area contributed by atoms with E-state index in [1.807, 2.05) is 61.0 Å². The number of pyridine rings is 1. The van der Waals surface area contributed by atoms with Crippen molar-refractivity contribution in [2.75, 3.05) is 16.0 Å². The first-order chi connectivity index (χ1) is 16.7. The Hall–Kier alpha value is -4.44. The molecule has 0 radical (unpaired) electrons. The number of carbonyl (C=O) groups is 1. The molecule has 168 valence electrons. The van der Waals surface area contributed by atoms with Crippen LogP contribution in [-0.4, -0.2) is 30.8 Å². The van der Waals surface area contributed by atoms with Crippen LogP contribution >= 0.6 is 11.3 Å². The molecule has 5 aromatic rings. The van der Waals surface area contributed by atoms with Crippen LogP contribution < -0.4 is 16.0 Å². The van der Waals surface area contributed by atoms with Gasteiger partial charge in [0.15, 0.2) is 0 Å². The van der Waals surface area contributed by atoms with Crippen molar-refractivity contribution in [2.24, 2.45) is 0 Å². The molecule has 3 aromatic heterocycles. The fourth-order valence-corrected chi connectivity index (χ4v) is 3.95. The number of nitrogens with one attached hydrogen (secondary N) is 3. The summed E-state index contributed by atoms with van der Waals surface area (Å²) in [4.78, 5) is 34.6. The van der Waals surface area contributed by atoms with Crippen LogP contribution in [0.2, 0.25) is 0 Å². The van der Waals surface area contributed by atoms with Crippen LogP contribution in [0.4, 0.5) is 29.1 Å². The summed E-state index contributed by atoms with van der Waals surface area (Å²) in [5, 5.41) is 9.19. The average Bonchev–Trinajstić information content (AvgIpc) is 3.32. The fourth-order valence-electron chi connectivity index (χ4n) is 3.23. The number of amides is 1. The van der Waals surface area contributed by atoms with Gasteiger partial charge < -0.3 is 16.0 Å². The molecule has 0 aliphatic rings. The van der Waals surface area contributed by atoms with Gasteiger partial charge in [0.2, 0.25) is 11.9 Å². The Bertz CT molecular complexity index is 1450. The number of para-hydroxylation sites is 1. The number of hydrogen-bond donors (Lipinski definition) is 3. The zero-order chi connectivity index (χ0) is 23.3. The number of carbonyl (C=O) groups excluding carboxylic acids is 1. The molecule has 9 nitrogen and oxygen atoms in total. The zero-order valence-corrected chi connectivity index (χ0v) is 19.0. The van der Waals surface area contributed by atoms with E-state index in [1.54, 1.807) is 29.7 Å². The summed E-state index contributed by atoms with van der Waals surface area (Å²) in [5.74, 6) is 1.59. The van der Waals surface area contributed by atoms with E-state index in [1.165, 1.54) is 0 Å². The molecule has 0 atom stereocenters. The van der Waals surface area contributed by atoms with Gasteiger partial charge in [0.05, 0.1) is 15.7 Å². The second-order valence-corrected chi connectivity index (χ2v) is 8.17. The third-order valence-corrected chi connectivity index (χ3v) is 5.67. The highest BCUT2D eigenvalue weighted by atomic mass is 32.1. The first kappa shape index (κ1) is 21.4. The first-order valence-electron chi connectivity index (χ1n) is 10.6. The number of hydrogen-bond acceptors (Lipinski definition) is 9. The summed E-state index contributed by atoms with van der Waals surface area (Å²) in [6.45, 7) is 1.97. The molecule has 34 heavy (non-hydrogen) atoms. The SMILES string of the molecule is CCc1nc(Nc2ccc3ncsc3c2)nc(Nc2cc(C(=O)Nc3ccccc3)ccn2)n1. The summed E-state index contributed by atoms with van der Waals surface area (Å²) < 4.78 is 1.07. The standard InChI is InChI=1S/C24H20N8OS/c1-2-20-29-23(28-17-8-9-18-19(13-17)34-14-26-18)32-24(30-20)31-21-12-15(10-11-25-21)22(33)27-16-6-4-3-5-7-16/h3-14H,2H2,1H3,(H,27,33)(H2,25,28,29,30,31,32). The van der Waals surface area contributed by atoms with Gasteiger partial charge in [0.25, 0.3) is 5.91 Å². The molecule has 0 saturated heterocycles. The Kier molecular flexibility index (Phi) is 6.04. The topological polar surface area (TPSA) is 118 Å². The van der Waals surface area contributed by atoms with Gasteiger partial charge >= 0.3 is 0 Å². The highest BCUT2D eigenvalue weighted by Crippen LogP contribution is 2.24. The first-order valence-corrected chi connectivity index (χ1v) is 11.5. The van der Waals surface area contributed by atoms with Crippen LogP contribution in [0.3, 0.4) is 0 Å². The molecule has 0 spiro atoms. The molecule has 0 unspecified atom stereocenters. The molecule has 1 amide bonds. The summed E-state index contributed by atoms with van der Waals surface area (Å²) in [7, 11) is 0. The van der Waals surface area contributed by atoms with Crippen molar-refractivity contribution in [2.45, 2.75) is 13.3 Å². The Labute approximate surface area is 199 Å². The lowest BCUT2D eigenvalue weighted by molar-refractivity contribution is 0.102. The largest absolute Gasteiger partial charge is 0.324 e. The summed E-state index contributed by atoms with van der Waals surface area (Å²) in [6, 6.07) is 18.5. The van der Waals surface area contributed by atoms with E-state index >= 15 is 0 Å². The molecule has 0 bridgehead atoms. The van der Waals surface area contributed by atoms with Gasteiger partial charge in [-0.25, -0.2) is 9.97 Å². The van der Waals surface area contributed by atoms with Crippen LogP contribution in [0.25, 0.3) is 10.2 Å². The van der Waals surface area contributed by atoms with Gasteiger partial charge in [-0.3, -0.25) is 4.79 Å². The van der Waals surface area contributed by atoms with Crippen molar-refractivity contribution in [3.8, 4) is 0 Å². The minimum Gasteiger partial charge on any atom is -0.324 e. The monoisotopic (exact) mass is 468 g/mol. The number of anilines is 5. The Morgan fingerprint density at radius 1 is 0.882 bits per heavy atom. The lowest BCUT2D eigenvalue weighted by Gasteiger charge is -2.10. The molecule has 2 aromatic carbocycles. The van der Waals surface area contributed by atoms with Crippen LogP contribution in [0, 0.1) is 0 Å². The molecule has 3 heterocycles. The Morgan fingerprint density at radius 2 is 1.71 bits per heavy atom. The zero-order valence-electron chi connectivity index (χ0n) is 18.2. The van der Waals surface area contributed by atoms with Gasteiger partial charge in [-0.2, -0.15) is 15.0 Å². The molecule has 0 aliphatic heterocycles. The van der Waals surface area contributed by atoms with Crippen molar-refractivity contribution in [1.29, 1.82) is 0 Å². The lowest BCUT2D eigenvalue weighted by atomic mass is 10.2. The summed E-state index contributed by atoms with van der Waals surface area (Å²) in [5.41, 5.74) is 4.80. The van der Waals surface area contributed by atoms with Crippen LogP contribution in [0.1, 0.15) is 23.1 Å². The second kappa shape index (κ2) is 9.59. The number of rotatable bonds is 7. The predicted molar refractivity (Wildman–Crippen MR) is 134 cm³/mol. The van der Waals surface area contributed by atoms with Crippen molar-refractivity contribution >= 4 is 56.5 Å². The minimum atomic E-state index is -0.234. The predicted octanol–water partition coefficient (Wildman–Crippen LogP) is 5.18. The van der Waals surface area contributed by atoms with Crippen molar-refractivity contribution in [1.82, 2.24) is 24.9 Å². The molecular formula is C24H20N8OS. The number of benzene rings is 2. The molecule has 0 fully saturated rings. The van der Waals surface area contributed by atoms with Crippen molar-refractivity contribution in [3.05, 3.63) is 83.8 Å². The number of aromatic nitrogens is 5. The highest BCUT2D eigenvalue weighted by Gasteiger charge is 2.11. The van der Waals surface area contributed by atoms with Gasteiger partial charge in [0, 0.05) is 29.6 Å². The molecule has 5 rings (SSSR count). The normalized spacial score (nSPS) is 10.7. The summed E-state index contributed by atoms with van der Waals surface area (Å²) in [6.07, 6.45) is 2.19. The lowest BCUT2D eigenvalue weighted by Crippen LogP contribution is -2.12. The maximum Gasteiger partial charge on any atom is 0.255 e. The number of fused-ring (bicyclic) bond motifs is 1. The molecule has 10 heteroatoms. The van der Waals surface area contributed by atoms with Crippen molar-refractivity contribution < 1.29 is 4.79 Å². The third-order valence-electron chi connectivity index (χ3n) is 4.88. The van der Waals surface area contributed by atoms with Crippen LogP contribution in [0.5, 0.6) is 0 Å². The van der Waals surface area contributed by atoms with E-state index in [4.69, 9.17) is 0 Å². The molecule has 0 saturated carbocycles. The van der Waals surface area contributed by atoms with E-state index < -0.39 is 0 Å². The van der Waals surface area contributed by atoms with E-state index in [0.717, 1.165) is 21.6 Å². The summed E-state index contributed by atoms with van der Waals surface area (Å²) >= 11 is 1.57. The van der Waals surface area contributed by atoms with Crippen molar-refractivity contribution in [3.63, 3.8) is 0 Å². The molecule has 3 N–H and O–H groups in total. The highest BCUT2D eigenvalue weighted by molar-refractivity contribution is 7.16. The average molecular weight is 469 g/mol. The third kappa shape index (κ3) is 4.97. The van der Waals surface area contributed by atoms with Gasteiger partial charge in [0.1, 0.15) is 11.6 Å². The van der Waals surface area contributed by atoms with Crippen LogP contribution in [-0.2, 0) is 6.42 Å². The number of aryl methyl sites for hydroxylation is 1. The van der Waals surface area contributed by atoms with E-state index in [-0.39, 0.29) is 5.91 Å². The van der Waals surface area contributed by atoms with E-state index in [2.05, 4.69) is 40.9 Å². The smallest absolute Gasteiger partial charge is 0.255 e. The number of nitrogens with zero attached hydrogens (tertiary/aromatic N) is 5. The maximum absolute atomic E-state index is 12.6. The number of thiazole rings is 1. The van der Waals surface area contributed by atoms with Gasteiger partial charge in [-0.15, -0.1) is 11.3 Å². The Balaban J connectivity index is 1.35. The van der Waals surface area contributed by atoms with E-state index in [0.29, 0.717) is 35.5 Å². The van der Waals surface area contributed by atoms with E-state index in [9.17, 15) is 4.79 Å². The maximum atomic E-state index is 12.6.